The van der Waals surface area contributed by atoms with Crippen molar-refractivity contribution in [2.75, 3.05) is 5.32 Å². The molecule has 4 aromatic rings. The molecule has 0 saturated carbocycles. The van der Waals surface area contributed by atoms with Crippen LogP contribution in [0.15, 0.2) is 77.3 Å². The van der Waals surface area contributed by atoms with Crippen molar-refractivity contribution in [1.82, 2.24) is 10.5 Å². The fourth-order valence-corrected chi connectivity index (χ4v) is 4.52. The summed E-state index contributed by atoms with van der Waals surface area (Å²) in [6.45, 7) is 1.94. The molecule has 0 radical (unpaired) electrons. The number of imide groups is 1. The Morgan fingerprint density at radius 1 is 1.06 bits per heavy atom. The standard InChI is InChI=1S/C27H23N3O4/c1-2-27(15-14-23(31)29-26(27)33)19-9-11-20(12-10-19)28-25(32)18-8-13-22-21(16-18)24(34-30-22)17-6-4-3-5-7-17/h3-13,16H,2,14-15H2,1H3,(H,28,32)(H,29,31,33). The average molecular weight is 453 g/mol. The summed E-state index contributed by atoms with van der Waals surface area (Å²) in [6, 6.07) is 22.1. The molecule has 0 aliphatic carbocycles. The van der Waals surface area contributed by atoms with Crippen LogP contribution < -0.4 is 10.6 Å². The van der Waals surface area contributed by atoms with Gasteiger partial charge in [-0.05, 0) is 48.7 Å². The predicted molar refractivity (Wildman–Crippen MR) is 128 cm³/mol. The van der Waals surface area contributed by atoms with Crippen molar-refractivity contribution in [2.45, 2.75) is 31.6 Å². The normalized spacial score (nSPS) is 18.0. The molecule has 3 aromatic carbocycles. The molecule has 1 atom stereocenters. The molecule has 170 valence electrons. The van der Waals surface area contributed by atoms with Gasteiger partial charge in [0.2, 0.25) is 11.8 Å². The molecule has 7 heteroatoms. The largest absolute Gasteiger partial charge is 0.355 e. The van der Waals surface area contributed by atoms with Gasteiger partial charge < -0.3 is 9.84 Å². The number of fused-ring (bicyclic) bond motifs is 1. The number of piperidine rings is 1. The summed E-state index contributed by atoms with van der Waals surface area (Å²) in [5, 5.41) is 10.2. The second kappa shape index (κ2) is 8.59. The lowest BCUT2D eigenvalue weighted by Gasteiger charge is -2.35. The number of aromatic nitrogens is 1. The van der Waals surface area contributed by atoms with E-state index in [2.05, 4.69) is 15.8 Å². The Kier molecular flexibility index (Phi) is 5.45. The third-order valence-corrected chi connectivity index (χ3v) is 6.54. The van der Waals surface area contributed by atoms with Crippen LogP contribution in [0.4, 0.5) is 5.69 Å². The highest BCUT2D eigenvalue weighted by Gasteiger charge is 2.42. The van der Waals surface area contributed by atoms with Crippen LogP contribution in [0.5, 0.6) is 0 Å². The Hall–Kier alpha value is -4.26. The van der Waals surface area contributed by atoms with E-state index < -0.39 is 5.41 Å². The van der Waals surface area contributed by atoms with Crippen molar-refractivity contribution in [3.05, 3.63) is 83.9 Å². The van der Waals surface area contributed by atoms with Crippen molar-refractivity contribution >= 4 is 34.3 Å². The van der Waals surface area contributed by atoms with Gasteiger partial charge in [-0.25, -0.2) is 0 Å². The maximum absolute atomic E-state index is 13.0. The average Bonchev–Trinajstić information content (AvgIpc) is 3.29. The van der Waals surface area contributed by atoms with Gasteiger partial charge in [-0.3, -0.25) is 19.7 Å². The van der Waals surface area contributed by atoms with Gasteiger partial charge in [0.15, 0.2) is 5.76 Å². The summed E-state index contributed by atoms with van der Waals surface area (Å²) >= 11 is 0. The summed E-state index contributed by atoms with van der Waals surface area (Å²) in [7, 11) is 0. The zero-order valence-electron chi connectivity index (χ0n) is 18.6. The fourth-order valence-electron chi connectivity index (χ4n) is 4.52. The van der Waals surface area contributed by atoms with Gasteiger partial charge in [-0.1, -0.05) is 54.5 Å². The Morgan fingerprint density at radius 3 is 2.53 bits per heavy atom. The molecule has 1 aromatic heterocycles. The van der Waals surface area contributed by atoms with E-state index in [1.165, 1.54) is 0 Å². The van der Waals surface area contributed by atoms with E-state index in [-0.39, 0.29) is 17.7 Å². The van der Waals surface area contributed by atoms with Crippen LogP contribution in [0.1, 0.15) is 42.1 Å². The number of benzene rings is 3. The summed E-state index contributed by atoms with van der Waals surface area (Å²) in [5.41, 5.74) is 2.75. The molecular formula is C27H23N3O4. The molecule has 0 bridgehead atoms. The van der Waals surface area contributed by atoms with Gasteiger partial charge in [0, 0.05) is 23.2 Å². The quantitative estimate of drug-likeness (QED) is 0.422. The maximum atomic E-state index is 13.0. The molecule has 0 spiro atoms. The number of hydrogen-bond donors (Lipinski definition) is 2. The zero-order chi connectivity index (χ0) is 23.7. The van der Waals surface area contributed by atoms with Crippen LogP contribution in [-0.2, 0) is 15.0 Å². The monoisotopic (exact) mass is 453 g/mol. The summed E-state index contributed by atoms with van der Waals surface area (Å²) in [5.74, 6) is -0.151. The van der Waals surface area contributed by atoms with E-state index in [9.17, 15) is 14.4 Å². The lowest BCUT2D eigenvalue weighted by atomic mass is 9.72. The molecule has 1 fully saturated rings. The van der Waals surface area contributed by atoms with Gasteiger partial charge in [0.05, 0.1) is 10.8 Å². The zero-order valence-corrected chi connectivity index (χ0v) is 18.6. The molecule has 1 unspecified atom stereocenters. The van der Waals surface area contributed by atoms with Gasteiger partial charge in [0.1, 0.15) is 5.52 Å². The summed E-state index contributed by atoms with van der Waals surface area (Å²) in [6.07, 6.45) is 1.37. The highest BCUT2D eigenvalue weighted by molar-refractivity contribution is 6.07. The van der Waals surface area contributed by atoms with E-state index in [4.69, 9.17) is 4.52 Å². The number of anilines is 1. The molecule has 1 aliphatic heterocycles. The minimum atomic E-state index is -0.733. The third-order valence-electron chi connectivity index (χ3n) is 6.54. The first kappa shape index (κ1) is 21.6. The van der Waals surface area contributed by atoms with E-state index in [0.29, 0.717) is 41.8 Å². The number of carbonyl (C=O) groups excluding carboxylic acids is 3. The number of nitrogens with zero attached hydrogens (tertiary/aromatic N) is 1. The Morgan fingerprint density at radius 2 is 1.82 bits per heavy atom. The second-order valence-corrected chi connectivity index (χ2v) is 8.45. The van der Waals surface area contributed by atoms with Crippen molar-refractivity contribution in [3.8, 4) is 11.3 Å². The predicted octanol–water partition coefficient (Wildman–Crippen LogP) is 4.83. The van der Waals surface area contributed by atoms with Crippen molar-refractivity contribution in [2.24, 2.45) is 0 Å². The molecule has 7 nitrogen and oxygen atoms in total. The fraction of sp³-hybridized carbons (Fsp3) is 0.185. The smallest absolute Gasteiger partial charge is 0.255 e. The molecule has 1 aliphatic rings. The first-order valence-electron chi connectivity index (χ1n) is 11.2. The van der Waals surface area contributed by atoms with Crippen molar-refractivity contribution < 1.29 is 18.9 Å². The SMILES string of the molecule is CCC1(c2ccc(NC(=O)c3ccc4noc(-c5ccccc5)c4c3)cc2)CCC(=O)NC1=O. The van der Waals surface area contributed by atoms with Crippen LogP contribution in [0, 0.1) is 0 Å². The van der Waals surface area contributed by atoms with Crippen LogP contribution in [-0.4, -0.2) is 22.9 Å². The minimum absolute atomic E-state index is 0.238. The van der Waals surface area contributed by atoms with E-state index >= 15 is 0 Å². The second-order valence-electron chi connectivity index (χ2n) is 8.45. The Labute approximate surface area is 196 Å². The number of hydrogen-bond acceptors (Lipinski definition) is 5. The van der Waals surface area contributed by atoms with Crippen LogP contribution in [0.2, 0.25) is 0 Å². The Balaban J connectivity index is 1.37. The molecule has 34 heavy (non-hydrogen) atoms. The van der Waals surface area contributed by atoms with Gasteiger partial charge in [-0.15, -0.1) is 0 Å². The van der Waals surface area contributed by atoms with E-state index in [1.807, 2.05) is 49.4 Å². The number of carbonyl (C=O) groups is 3. The molecule has 2 N–H and O–H groups in total. The van der Waals surface area contributed by atoms with Crippen LogP contribution in [0.3, 0.4) is 0 Å². The number of amides is 3. The molecular weight excluding hydrogens is 430 g/mol. The lowest BCUT2D eigenvalue weighted by molar-refractivity contribution is -0.138. The van der Waals surface area contributed by atoms with Crippen LogP contribution in [0.25, 0.3) is 22.2 Å². The number of nitrogens with one attached hydrogen (secondary N) is 2. The summed E-state index contributed by atoms with van der Waals surface area (Å²) in [4.78, 5) is 37.2. The topological polar surface area (TPSA) is 101 Å². The van der Waals surface area contributed by atoms with Crippen molar-refractivity contribution in [1.29, 1.82) is 0 Å². The molecule has 2 heterocycles. The van der Waals surface area contributed by atoms with E-state index in [0.717, 1.165) is 16.5 Å². The minimum Gasteiger partial charge on any atom is -0.355 e. The Bertz CT molecular complexity index is 1390. The molecule has 3 amide bonds. The first-order valence-corrected chi connectivity index (χ1v) is 11.2. The van der Waals surface area contributed by atoms with E-state index in [1.54, 1.807) is 30.3 Å². The molecule has 1 saturated heterocycles. The molecule has 5 rings (SSSR count). The van der Waals surface area contributed by atoms with Gasteiger partial charge in [0.25, 0.3) is 5.91 Å². The maximum Gasteiger partial charge on any atom is 0.255 e. The highest BCUT2D eigenvalue weighted by atomic mass is 16.5. The summed E-state index contributed by atoms with van der Waals surface area (Å²) < 4.78 is 5.52. The first-order chi connectivity index (χ1) is 16.5. The van der Waals surface area contributed by atoms with Crippen LogP contribution >= 0.6 is 0 Å². The number of rotatable bonds is 5. The van der Waals surface area contributed by atoms with Gasteiger partial charge >= 0.3 is 0 Å². The van der Waals surface area contributed by atoms with Crippen molar-refractivity contribution in [3.63, 3.8) is 0 Å². The lowest BCUT2D eigenvalue weighted by Crippen LogP contribution is -2.51. The highest BCUT2D eigenvalue weighted by Crippen LogP contribution is 2.36. The van der Waals surface area contributed by atoms with Gasteiger partial charge in [-0.2, -0.15) is 0 Å². The third kappa shape index (κ3) is 3.75.